The maximum Gasteiger partial charge on any atom is 0.472 e. The Labute approximate surface area is 224 Å². The van der Waals surface area contributed by atoms with Crippen molar-refractivity contribution in [1.29, 1.82) is 0 Å². The molecule has 2 aliphatic heterocycles. The molecule has 9 atom stereocenters. The predicted molar refractivity (Wildman–Crippen MR) is 129 cm³/mol. The highest BCUT2D eigenvalue weighted by atomic mass is 31.2. The molecule has 2 saturated heterocycles. The zero-order valence-electron chi connectivity index (χ0n) is 20.1. The Morgan fingerprint density at radius 3 is 1.90 bits per heavy atom. The first-order valence-electron chi connectivity index (χ1n) is 11.1. The van der Waals surface area contributed by atoms with Gasteiger partial charge in [-0.15, -0.1) is 0 Å². The van der Waals surface area contributed by atoms with Crippen LogP contribution in [0.25, 0.3) is 0 Å². The van der Waals surface area contributed by atoms with Crippen molar-refractivity contribution in [3.63, 3.8) is 0 Å². The molecular formula is C18H26N6O14P2. The molecule has 2 aromatic heterocycles. The highest BCUT2D eigenvalue weighted by Crippen LogP contribution is 2.49. The van der Waals surface area contributed by atoms with Crippen LogP contribution in [0.2, 0.25) is 0 Å². The first-order valence-corrected chi connectivity index (χ1v) is 13.4. The Morgan fingerprint density at radius 2 is 1.43 bits per heavy atom. The summed E-state index contributed by atoms with van der Waals surface area (Å²) in [6.07, 6.45) is -9.86. The van der Waals surface area contributed by atoms with Crippen molar-refractivity contribution in [2.75, 3.05) is 24.7 Å². The van der Waals surface area contributed by atoms with Crippen LogP contribution in [0.5, 0.6) is 0 Å². The van der Waals surface area contributed by atoms with Crippen molar-refractivity contribution >= 4 is 28.1 Å². The minimum atomic E-state index is -5.02. The van der Waals surface area contributed by atoms with Gasteiger partial charge in [-0.1, -0.05) is 0 Å². The number of nitrogen functional groups attached to an aromatic ring is 2. The summed E-state index contributed by atoms with van der Waals surface area (Å²) in [4.78, 5) is 48.3. The Morgan fingerprint density at radius 1 is 0.950 bits per heavy atom. The summed E-state index contributed by atoms with van der Waals surface area (Å²) >= 11 is 0. The molecule has 10 N–H and O–H groups in total. The predicted octanol–water partition coefficient (Wildman–Crippen LogP) is -3.78. The minimum Gasteiger partial charge on any atom is -0.394 e. The van der Waals surface area contributed by atoms with Gasteiger partial charge in [-0.3, -0.25) is 18.2 Å². The largest absolute Gasteiger partial charge is 0.472 e. The van der Waals surface area contributed by atoms with Crippen LogP contribution in [0.3, 0.4) is 0 Å². The van der Waals surface area contributed by atoms with E-state index in [1.54, 1.807) is 0 Å². The van der Waals surface area contributed by atoms with Gasteiger partial charge >= 0.3 is 27.9 Å². The van der Waals surface area contributed by atoms with Crippen LogP contribution in [-0.4, -0.2) is 99.2 Å². The van der Waals surface area contributed by atoms with Crippen LogP contribution in [0, 0.1) is 0 Å². The smallest absolute Gasteiger partial charge is 0.394 e. The fraction of sp³-hybridized carbons (Fsp3) is 0.556. The Kier molecular flexibility index (Phi) is 10.6. The quantitative estimate of drug-likeness (QED) is 0.133. The molecule has 0 aromatic carbocycles. The van der Waals surface area contributed by atoms with Crippen molar-refractivity contribution in [2.45, 2.75) is 49.1 Å². The van der Waals surface area contributed by atoms with Gasteiger partial charge in [0.25, 0.3) is 0 Å². The Hall–Kier alpha value is -2.71. The summed E-state index contributed by atoms with van der Waals surface area (Å²) in [7, 11) is -5.85. The lowest BCUT2D eigenvalue weighted by molar-refractivity contribution is -0.0614. The van der Waals surface area contributed by atoms with Gasteiger partial charge in [0.15, 0.2) is 12.5 Å². The molecule has 4 heterocycles. The van der Waals surface area contributed by atoms with E-state index in [9.17, 15) is 39.5 Å². The molecule has 20 nitrogen and oxygen atoms in total. The molecule has 0 bridgehead atoms. The molecular weight excluding hydrogens is 586 g/mol. The zero-order chi connectivity index (χ0) is 29.8. The number of phosphoric ester groups is 1. The van der Waals surface area contributed by atoms with E-state index in [0.717, 1.165) is 9.13 Å². The fourth-order valence-corrected chi connectivity index (χ4v) is 4.88. The molecule has 0 spiro atoms. The Balaban J connectivity index is 0.00000141. The van der Waals surface area contributed by atoms with E-state index in [4.69, 9.17) is 39.4 Å². The number of aliphatic hydroxyl groups is 4. The van der Waals surface area contributed by atoms with Crippen LogP contribution < -0.4 is 22.8 Å². The second-order valence-corrected chi connectivity index (χ2v) is 9.85. The third-order valence-corrected chi connectivity index (χ3v) is 6.72. The normalized spacial score (nSPS) is 31.4. The number of anilines is 2. The minimum absolute atomic E-state index is 0.0772. The van der Waals surface area contributed by atoms with E-state index in [1.165, 1.54) is 24.5 Å². The lowest BCUT2D eigenvalue weighted by Gasteiger charge is -2.23. The number of nitrogens with two attached hydrogens (primary N) is 2. The highest BCUT2D eigenvalue weighted by Gasteiger charge is 2.50. The van der Waals surface area contributed by atoms with E-state index >= 15 is 0 Å². The molecule has 40 heavy (non-hydrogen) atoms. The summed E-state index contributed by atoms with van der Waals surface area (Å²) in [6.45, 7) is -1.56. The highest BCUT2D eigenvalue weighted by molar-refractivity contribution is 7.47. The van der Waals surface area contributed by atoms with Crippen LogP contribution >= 0.6 is 16.5 Å². The zero-order valence-corrected chi connectivity index (χ0v) is 21.9. The van der Waals surface area contributed by atoms with E-state index in [-0.39, 0.29) is 11.6 Å². The molecule has 0 radical (unpaired) electrons. The fourth-order valence-electron chi connectivity index (χ4n) is 3.91. The maximum atomic E-state index is 12.6. The Bertz CT molecular complexity index is 1340. The molecule has 2 fully saturated rings. The number of phosphoric acid groups is 1. The van der Waals surface area contributed by atoms with Crippen molar-refractivity contribution in [3.05, 3.63) is 45.5 Å². The van der Waals surface area contributed by atoms with Crippen molar-refractivity contribution in [3.8, 4) is 0 Å². The first-order chi connectivity index (χ1) is 18.8. The molecule has 0 aliphatic carbocycles. The van der Waals surface area contributed by atoms with Crippen LogP contribution in [-0.2, 0) is 27.7 Å². The summed E-state index contributed by atoms with van der Waals surface area (Å²) < 4.78 is 43.5. The number of aromatic nitrogens is 4. The molecule has 4 rings (SSSR count). The van der Waals surface area contributed by atoms with Gasteiger partial charge in [0.2, 0.25) is 0 Å². The topological polar surface area (TPSA) is 314 Å². The molecule has 22 heteroatoms. The molecule has 0 amide bonds. The van der Waals surface area contributed by atoms with Crippen LogP contribution in [0.15, 0.2) is 34.1 Å². The van der Waals surface area contributed by atoms with Crippen molar-refractivity contribution in [1.82, 2.24) is 19.1 Å². The lowest BCUT2D eigenvalue weighted by atomic mass is 10.1. The van der Waals surface area contributed by atoms with Gasteiger partial charge < -0.3 is 51.2 Å². The summed E-state index contributed by atoms with van der Waals surface area (Å²) in [6, 6.07) is 2.51. The third kappa shape index (κ3) is 7.13. The number of ether oxygens (including phenoxy) is 2. The second kappa shape index (κ2) is 13.3. The average Bonchev–Trinajstić information content (AvgIpc) is 3.34. The number of hydrogen-bond acceptors (Lipinski definition) is 16. The number of rotatable bonds is 8. The number of nitrogens with zero attached hydrogens (tertiary/aromatic N) is 4. The summed E-state index contributed by atoms with van der Waals surface area (Å²) in [5, 5.41) is 40.8. The summed E-state index contributed by atoms with van der Waals surface area (Å²) in [5.74, 6) is -0.165. The van der Waals surface area contributed by atoms with Gasteiger partial charge in [-0.2, -0.15) is 9.97 Å². The summed E-state index contributed by atoms with van der Waals surface area (Å²) in [5.41, 5.74) is 9.10. The monoisotopic (exact) mass is 612 g/mol. The van der Waals surface area contributed by atoms with E-state index in [0.29, 0.717) is 0 Å². The molecule has 222 valence electrons. The van der Waals surface area contributed by atoms with E-state index < -0.39 is 90.2 Å². The number of hydrogen-bond donors (Lipinski definition) is 8. The van der Waals surface area contributed by atoms with Crippen molar-refractivity contribution in [2.24, 2.45) is 0 Å². The van der Waals surface area contributed by atoms with Gasteiger partial charge in [-0.25, -0.2) is 18.7 Å². The van der Waals surface area contributed by atoms with Gasteiger partial charge in [0, 0.05) is 12.4 Å². The van der Waals surface area contributed by atoms with E-state index in [1.807, 2.05) is 0 Å². The third-order valence-electron chi connectivity index (χ3n) is 5.73. The molecule has 2 aliphatic rings. The van der Waals surface area contributed by atoms with Crippen molar-refractivity contribution < 1.29 is 57.9 Å². The molecule has 2 aromatic rings. The molecule has 1 unspecified atom stereocenters. The van der Waals surface area contributed by atoms with Gasteiger partial charge in [-0.05, 0) is 12.1 Å². The standard InChI is InChI=1S/C18H25N6O12P.HO2P/c19-9-1-3-23(17(29)21-9)15-12(27)11(26)8(35-15)6-33-37(31,32)36-14-7(5-25)34-16(13(14)28)24-4-2-10(20)22-18(24)30;1-3-2/h1-4,7-8,11-16,25-28H,5-6H2,(H,31,32)(H2,19,21,29)(H2,20,22,30);(H,1,2)/t7-,8-,11-,12-,13-,14-,15-,16-;/m1./s1. The van der Waals surface area contributed by atoms with E-state index in [2.05, 4.69) is 9.97 Å². The second-order valence-electron chi connectivity index (χ2n) is 8.29. The SMILES string of the molecule is Nc1ccn([C@@H]2O[C@H](COP(=O)(O)O[C@H]3[C@@H](O)[C@H](n4ccc(N)nc4=O)O[C@@H]3CO)[C@@H](O)[C@H]2O)c(=O)n1.O=PO. The van der Waals surface area contributed by atoms with Crippen LogP contribution in [0.4, 0.5) is 11.6 Å². The van der Waals surface area contributed by atoms with Gasteiger partial charge in [0.1, 0.15) is 48.3 Å². The maximum absolute atomic E-state index is 12.6. The lowest BCUT2D eigenvalue weighted by Crippen LogP contribution is -2.38. The van der Waals surface area contributed by atoms with Crippen LogP contribution in [0.1, 0.15) is 12.5 Å². The van der Waals surface area contributed by atoms with Gasteiger partial charge in [0.05, 0.1) is 13.2 Å². The molecule has 0 saturated carbocycles. The average molecular weight is 612 g/mol. The number of aliphatic hydroxyl groups excluding tert-OH is 4. The first kappa shape index (κ1) is 31.8.